The Kier molecular flexibility index (Phi) is 3.36. The average Bonchev–Trinajstić information content (AvgIpc) is 2.30. The molecule has 1 aromatic heterocycles. The van der Waals surface area contributed by atoms with Crippen LogP contribution in [0.1, 0.15) is 12.8 Å². The Morgan fingerprint density at radius 3 is 3.19 bits per heavy atom. The summed E-state index contributed by atoms with van der Waals surface area (Å²) in [5.74, 6) is 0.380. The van der Waals surface area contributed by atoms with Crippen LogP contribution in [-0.2, 0) is 9.53 Å². The third-order valence-corrected chi connectivity index (χ3v) is 2.57. The van der Waals surface area contributed by atoms with Crippen molar-refractivity contribution in [1.29, 1.82) is 0 Å². The fourth-order valence-corrected chi connectivity index (χ4v) is 1.69. The molecule has 1 saturated heterocycles. The van der Waals surface area contributed by atoms with E-state index >= 15 is 0 Å². The number of anilines is 2. The van der Waals surface area contributed by atoms with Crippen molar-refractivity contribution in [2.45, 2.75) is 12.8 Å². The molecule has 0 aromatic carbocycles. The van der Waals surface area contributed by atoms with E-state index < -0.39 is 0 Å². The Hall–Kier alpha value is -1.62. The molecule has 2 heterocycles. The number of rotatable bonds is 2. The molecule has 1 atom stereocenters. The van der Waals surface area contributed by atoms with Crippen LogP contribution in [0.3, 0.4) is 0 Å². The van der Waals surface area contributed by atoms with Gasteiger partial charge in [-0.3, -0.25) is 4.79 Å². The normalized spacial score (nSPS) is 20.4. The van der Waals surface area contributed by atoms with E-state index in [0.29, 0.717) is 18.1 Å². The Balaban J connectivity index is 1.96. The molecule has 5 nitrogen and oxygen atoms in total. The number of pyridine rings is 1. The molecule has 1 amide bonds. The molecule has 2 rings (SSSR count). The van der Waals surface area contributed by atoms with Crippen LogP contribution in [0.4, 0.5) is 11.5 Å². The van der Waals surface area contributed by atoms with Gasteiger partial charge in [-0.05, 0) is 18.9 Å². The first-order chi connectivity index (χ1) is 7.75. The van der Waals surface area contributed by atoms with Crippen molar-refractivity contribution < 1.29 is 9.53 Å². The van der Waals surface area contributed by atoms with Gasteiger partial charge in [-0.2, -0.15) is 0 Å². The van der Waals surface area contributed by atoms with E-state index in [0.717, 1.165) is 19.4 Å². The van der Waals surface area contributed by atoms with Gasteiger partial charge in [0.15, 0.2) is 0 Å². The maximum Gasteiger partial charge on any atom is 0.230 e. The fourth-order valence-electron chi connectivity index (χ4n) is 1.69. The van der Waals surface area contributed by atoms with Crippen LogP contribution < -0.4 is 11.1 Å². The van der Waals surface area contributed by atoms with Crippen molar-refractivity contribution in [3.63, 3.8) is 0 Å². The highest BCUT2D eigenvalue weighted by molar-refractivity contribution is 5.92. The predicted octanol–water partition coefficient (Wildman–Crippen LogP) is 1.03. The minimum absolute atomic E-state index is 0.0437. The van der Waals surface area contributed by atoms with Crippen LogP contribution in [0.25, 0.3) is 0 Å². The Morgan fingerprint density at radius 1 is 1.62 bits per heavy atom. The predicted molar refractivity (Wildman–Crippen MR) is 60.8 cm³/mol. The number of carbonyl (C=O) groups excluding carboxylic acids is 1. The van der Waals surface area contributed by atoms with E-state index in [1.165, 1.54) is 0 Å². The zero-order valence-corrected chi connectivity index (χ0v) is 8.98. The maximum atomic E-state index is 11.8. The van der Waals surface area contributed by atoms with Gasteiger partial charge in [0.05, 0.1) is 12.5 Å². The number of nitrogens with zero attached hydrogens (tertiary/aromatic N) is 1. The minimum atomic E-state index is -0.0722. The molecular weight excluding hydrogens is 206 g/mol. The lowest BCUT2D eigenvalue weighted by atomic mass is 10.0. The largest absolute Gasteiger partial charge is 0.399 e. The molecule has 86 valence electrons. The molecule has 1 unspecified atom stereocenters. The van der Waals surface area contributed by atoms with Crippen LogP contribution in [0.5, 0.6) is 0 Å². The van der Waals surface area contributed by atoms with Crippen molar-refractivity contribution >= 4 is 17.4 Å². The maximum absolute atomic E-state index is 11.8. The smallest absolute Gasteiger partial charge is 0.230 e. The Morgan fingerprint density at radius 2 is 2.50 bits per heavy atom. The van der Waals surface area contributed by atoms with Gasteiger partial charge in [-0.1, -0.05) is 0 Å². The third kappa shape index (κ3) is 2.70. The SMILES string of the molecule is Nc1ccnc(NC(=O)C2CCCOC2)c1. The van der Waals surface area contributed by atoms with E-state index in [1.54, 1.807) is 18.3 Å². The zero-order valence-electron chi connectivity index (χ0n) is 8.98. The van der Waals surface area contributed by atoms with E-state index in [4.69, 9.17) is 10.5 Å². The molecule has 1 aliphatic heterocycles. The monoisotopic (exact) mass is 221 g/mol. The third-order valence-electron chi connectivity index (χ3n) is 2.57. The highest BCUT2D eigenvalue weighted by Gasteiger charge is 2.21. The van der Waals surface area contributed by atoms with Crippen molar-refractivity contribution in [3.8, 4) is 0 Å². The molecule has 0 saturated carbocycles. The van der Waals surface area contributed by atoms with Crippen LogP contribution in [-0.4, -0.2) is 24.1 Å². The van der Waals surface area contributed by atoms with Crippen LogP contribution >= 0.6 is 0 Å². The van der Waals surface area contributed by atoms with E-state index in [9.17, 15) is 4.79 Å². The molecule has 1 fully saturated rings. The molecule has 1 aliphatic rings. The first kappa shape index (κ1) is 10.9. The summed E-state index contributed by atoms with van der Waals surface area (Å²) >= 11 is 0. The number of nitrogens with one attached hydrogen (secondary N) is 1. The number of ether oxygens (including phenoxy) is 1. The van der Waals surface area contributed by atoms with Gasteiger partial charge in [-0.15, -0.1) is 0 Å². The second-order valence-electron chi connectivity index (χ2n) is 3.88. The van der Waals surface area contributed by atoms with Gasteiger partial charge in [-0.25, -0.2) is 4.98 Å². The molecule has 0 bridgehead atoms. The number of hydrogen-bond donors (Lipinski definition) is 2. The number of carbonyl (C=O) groups is 1. The topological polar surface area (TPSA) is 77.2 Å². The van der Waals surface area contributed by atoms with E-state index in [1.807, 2.05) is 0 Å². The number of hydrogen-bond acceptors (Lipinski definition) is 4. The number of nitrogen functional groups attached to an aromatic ring is 1. The summed E-state index contributed by atoms with van der Waals surface area (Å²) in [5, 5.41) is 2.74. The molecule has 0 aliphatic carbocycles. The van der Waals surface area contributed by atoms with Gasteiger partial charge < -0.3 is 15.8 Å². The van der Waals surface area contributed by atoms with E-state index in [-0.39, 0.29) is 11.8 Å². The van der Waals surface area contributed by atoms with Crippen molar-refractivity contribution in [1.82, 2.24) is 4.98 Å². The highest BCUT2D eigenvalue weighted by atomic mass is 16.5. The van der Waals surface area contributed by atoms with Crippen LogP contribution in [0, 0.1) is 5.92 Å². The van der Waals surface area contributed by atoms with Gasteiger partial charge >= 0.3 is 0 Å². The summed E-state index contributed by atoms with van der Waals surface area (Å²) in [4.78, 5) is 15.8. The van der Waals surface area contributed by atoms with E-state index in [2.05, 4.69) is 10.3 Å². The summed E-state index contributed by atoms with van der Waals surface area (Å²) in [6.07, 6.45) is 3.37. The molecule has 0 radical (unpaired) electrons. The average molecular weight is 221 g/mol. The van der Waals surface area contributed by atoms with Crippen LogP contribution in [0.2, 0.25) is 0 Å². The standard InChI is InChI=1S/C11H15N3O2/c12-9-3-4-13-10(6-9)14-11(15)8-2-1-5-16-7-8/h3-4,6,8H,1-2,5,7H2,(H3,12,13,14,15). The Labute approximate surface area is 94.0 Å². The summed E-state index contributed by atoms with van der Waals surface area (Å²) in [5.41, 5.74) is 6.18. The molecule has 1 aromatic rings. The van der Waals surface area contributed by atoms with Gasteiger partial charge in [0.2, 0.25) is 5.91 Å². The molecule has 16 heavy (non-hydrogen) atoms. The van der Waals surface area contributed by atoms with Gasteiger partial charge in [0.1, 0.15) is 5.82 Å². The summed E-state index contributed by atoms with van der Waals surface area (Å²) < 4.78 is 5.26. The summed E-state index contributed by atoms with van der Waals surface area (Å²) in [6, 6.07) is 3.32. The highest BCUT2D eigenvalue weighted by Crippen LogP contribution is 2.16. The first-order valence-corrected chi connectivity index (χ1v) is 5.36. The fraction of sp³-hybridized carbons (Fsp3) is 0.455. The van der Waals surface area contributed by atoms with Crippen molar-refractivity contribution in [3.05, 3.63) is 18.3 Å². The number of aromatic nitrogens is 1. The second-order valence-corrected chi connectivity index (χ2v) is 3.88. The first-order valence-electron chi connectivity index (χ1n) is 5.36. The lowest BCUT2D eigenvalue weighted by Gasteiger charge is -2.20. The van der Waals surface area contributed by atoms with Crippen molar-refractivity contribution in [2.75, 3.05) is 24.3 Å². The van der Waals surface area contributed by atoms with Gasteiger partial charge in [0.25, 0.3) is 0 Å². The van der Waals surface area contributed by atoms with Crippen molar-refractivity contribution in [2.24, 2.45) is 5.92 Å². The molecule has 0 spiro atoms. The lowest BCUT2D eigenvalue weighted by molar-refractivity contribution is -0.123. The lowest BCUT2D eigenvalue weighted by Crippen LogP contribution is -2.30. The van der Waals surface area contributed by atoms with Gasteiger partial charge in [0, 0.05) is 24.6 Å². The Bertz CT molecular complexity index is 375. The zero-order chi connectivity index (χ0) is 11.4. The molecular formula is C11H15N3O2. The minimum Gasteiger partial charge on any atom is -0.399 e. The summed E-state index contributed by atoms with van der Waals surface area (Å²) in [6.45, 7) is 1.24. The van der Waals surface area contributed by atoms with Crippen LogP contribution in [0.15, 0.2) is 18.3 Å². The number of amides is 1. The molecule has 3 N–H and O–H groups in total. The molecule has 5 heteroatoms. The summed E-state index contributed by atoms with van der Waals surface area (Å²) in [7, 11) is 0. The second kappa shape index (κ2) is 4.94. The number of nitrogens with two attached hydrogens (primary N) is 1. The quantitative estimate of drug-likeness (QED) is 0.782.